The molecule has 0 amide bonds. The Kier molecular flexibility index (Phi) is 3.80. The molecule has 0 spiro atoms. The fourth-order valence-electron chi connectivity index (χ4n) is 4.34. The van der Waals surface area contributed by atoms with Gasteiger partial charge in [0.2, 0.25) is 0 Å². The second-order valence-corrected chi connectivity index (χ2v) is 7.98. The fourth-order valence-corrected chi connectivity index (χ4v) is 4.34. The minimum Gasteiger partial charge on any atom is -0.352 e. The van der Waals surface area contributed by atoms with Gasteiger partial charge in [0.25, 0.3) is 5.56 Å². The minimum atomic E-state index is 0.0371. The number of rotatable bonds is 4. The Labute approximate surface area is 153 Å². The molecule has 2 aromatic heterocycles. The summed E-state index contributed by atoms with van der Waals surface area (Å²) in [6.45, 7) is 3.69. The first-order chi connectivity index (χ1) is 12.7. The zero-order chi connectivity index (χ0) is 17.7. The van der Waals surface area contributed by atoms with Gasteiger partial charge in [0, 0.05) is 30.3 Å². The van der Waals surface area contributed by atoms with Crippen LogP contribution in [0.25, 0.3) is 0 Å². The fraction of sp³-hybridized carbons (Fsp3) is 0.600. The Balaban J connectivity index is 1.42. The van der Waals surface area contributed by atoms with Crippen LogP contribution >= 0.6 is 0 Å². The van der Waals surface area contributed by atoms with Crippen LogP contribution < -0.4 is 10.5 Å². The molecule has 3 heterocycles. The largest absolute Gasteiger partial charge is 0.352 e. The van der Waals surface area contributed by atoms with Gasteiger partial charge < -0.3 is 4.90 Å². The van der Waals surface area contributed by atoms with Gasteiger partial charge >= 0.3 is 0 Å². The van der Waals surface area contributed by atoms with E-state index in [1.54, 1.807) is 10.7 Å². The Morgan fingerprint density at radius 1 is 1.12 bits per heavy atom. The summed E-state index contributed by atoms with van der Waals surface area (Å²) in [5.41, 5.74) is 3.34. The van der Waals surface area contributed by atoms with Crippen LogP contribution in [-0.4, -0.2) is 32.3 Å². The number of nitrogens with zero attached hydrogens (tertiary/aromatic N) is 5. The zero-order valence-corrected chi connectivity index (χ0v) is 15.3. The molecule has 0 bridgehead atoms. The van der Waals surface area contributed by atoms with E-state index in [-0.39, 0.29) is 11.6 Å². The number of hydrogen-bond donors (Lipinski definition) is 0. The van der Waals surface area contributed by atoms with Crippen LogP contribution in [0.5, 0.6) is 0 Å². The maximum Gasteiger partial charge on any atom is 0.267 e. The van der Waals surface area contributed by atoms with Crippen LogP contribution in [0.3, 0.4) is 0 Å². The number of aromatic nitrogens is 4. The Bertz CT molecular complexity index is 902. The predicted molar refractivity (Wildman–Crippen MR) is 99.6 cm³/mol. The van der Waals surface area contributed by atoms with Gasteiger partial charge in [0.05, 0.1) is 18.3 Å². The molecular formula is C20H25N5O. The Hall–Kier alpha value is -2.24. The van der Waals surface area contributed by atoms with Crippen molar-refractivity contribution in [2.45, 2.75) is 70.4 Å². The number of aryl methyl sites for hydroxylation is 3. The van der Waals surface area contributed by atoms with E-state index in [2.05, 4.69) is 28.0 Å². The van der Waals surface area contributed by atoms with Gasteiger partial charge in [-0.1, -0.05) is 0 Å². The van der Waals surface area contributed by atoms with Crippen LogP contribution in [0, 0.1) is 6.92 Å². The standard InChI is InChI=1S/C20H25N5O/c1-13-10-18(22-20(21-13)14-7-8-14)24-9-3-5-16(24)12-25-19(26)11-15-4-2-6-17(15)23-25/h10-11,14,16H,2-9,12H2,1H3. The molecule has 0 radical (unpaired) electrons. The van der Waals surface area contributed by atoms with Crippen LogP contribution in [0.15, 0.2) is 16.9 Å². The second-order valence-electron chi connectivity index (χ2n) is 7.98. The highest BCUT2D eigenvalue weighted by Gasteiger charge is 2.31. The SMILES string of the molecule is Cc1cc(N2CCCC2Cn2nc3c(cc2=O)CCC3)nc(C2CC2)n1. The highest BCUT2D eigenvalue weighted by molar-refractivity contribution is 5.43. The third-order valence-corrected chi connectivity index (χ3v) is 5.88. The van der Waals surface area contributed by atoms with Crippen molar-refractivity contribution in [2.75, 3.05) is 11.4 Å². The van der Waals surface area contributed by atoms with Gasteiger partial charge in [-0.25, -0.2) is 14.6 Å². The summed E-state index contributed by atoms with van der Waals surface area (Å²) < 4.78 is 1.68. The molecule has 1 aliphatic heterocycles. The average molecular weight is 351 g/mol. The lowest BCUT2D eigenvalue weighted by Gasteiger charge is -2.26. The van der Waals surface area contributed by atoms with Crippen molar-refractivity contribution in [3.8, 4) is 0 Å². The van der Waals surface area contributed by atoms with E-state index in [0.29, 0.717) is 12.5 Å². The van der Waals surface area contributed by atoms with Crippen molar-refractivity contribution in [1.82, 2.24) is 19.7 Å². The van der Waals surface area contributed by atoms with Crippen LogP contribution in [0.4, 0.5) is 5.82 Å². The second kappa shape index (κ2) is 6.18. The Morgan fingerprint density at radius 2 is 2.00 bits per heavy atom. The lowest BCUT2D eigenvalue weighted by molar-refractivity contribution is 0.481. The number of fused-ring (bicyclic) bond motifs is 1. The first-order valence-electron chi connectivity index (χ1n) is 9.89. The van der Waals surface area contributed by atoms with Gasteiger partial charge in [0.1, 0.15) is 11.6 Å². The van der Waals surface area contributed by atoms with E-state index in [1.807, 2.05) is 0 Å². The first-order valence-corrected chi connectivity index (χ1v) is 9.89. The first kappa shape index (κ1) is 16.0. The molecule has 2 fully saturated rings. The molecule has 136 valence electrons. The molecule has 5 rings (SSSR count). The van der Waals surface area contributed by atoms with Gasteiger partial charge in [0.15, 0.2) is 0 Å². The maximum atomic E-state index is 12.5. The van der Waals surface area contributed by atoms with E-state index in [1.165, 1.54) is 12.8 Å². The molecular weight excluding hydrogens is 326 g/mol. The summed E-state index contributed by atoms with van der Waals surface area (Å²) in [6, 6.07) is 4.17. The monoisotopic (exact) mass is 351 g/mol. The molecule has 26 heavy (non-hydrogen) atoms. The van der Waals surface area contributed by atoms with Crippen molar-refractivity contribution in [1.29, 1.82) is 0 Å². The summed E-state index contributed by atoms with van der Waals surface area (Å²) >= 11 is 0. The normalized spacial score (nSPS) is 22.0. The minimum absolute atomic E-state index is 0.0371. The molecule has 1 atom stereocenters. The molecule has 0 aromatic carbocycles. The third-order valence-electron chi connectivity index (χ3n) is 5.88. The van der Waals surface area contributed by atoms with Gasteiger partial charge in [-0.2, -0.15) is 5.10 Å². The zero-order valence-electron chi connectivity index (χ0n) is 15.3. The summed E-state index contributed by atoms with van der Waals surface area (Å²) in [7, 11) is 0. The van der Waals surface area contributed by atoms with Crippen molar-refractivity contribution in [3.05, 3.63) is 45.3 Å². The van der Waals surface area contributed by atoms with Gasteiger partial charge in [-0.05, 0) is 57.4 Å². The van der Waals surface area contributed by atoms with Crippen LogP contribution in [0.1, 0.15) is 60.8 Å². The molecule has 6 nitrogen and oxygen atoms in total. The smallest absolute Gasteiger partial charge is 0.267 e. The highest BCUT2D eigenvalue weighted by Crippen LogP contribution is 2.39. The van der Waals surface area contributed by atoms with Gasteiger partial charge in [-0.15, -0.1) is 0 Å². The topological polar surface area (TPSA) is 63.9 Å². The van der Waals surface area contributed by atoms with E-state index in [0.717, 1.165) is 67.2 Å². The van der Waals surface area contributed by atoms with Crippen molar-refractivity contribution >= 4 is 5.82 Å². The van der Waals surface area contributed by atoms with Crippen molar-refractivity contribution < 1.29 is 0 Å². The summed E-state index contributed by atoms with van der Waals surface area (Å²) in [5.74, 6) is 2.57. The van der Waals surface area contributed by atoms with Crippen LogP contribution in [-0.2, 0) is 19.4 Å². The molecule has 2 aromatic rings. The maximum absolute atomic E-state index is 12.5. The molecule has 1 saturated heterocycles. The molecule has 2 aliphatic carbocycles. The molecule has 0 N–H and O–H groups in total. The summed E-state index contributed by atoms with van der Waals surface area (Å²) in [6.07, 6.45) is 7.74. The molecule has 1 saturated carbocycles. The third kappa shape index (κ3) is 2.91. The molecule has 1 unspecified atom stereocenters. The van der Waals surface area contributed by atoms with Crippen molar-refractivity contribution in [3.63, 3.8) is 0 Å². The molecule has 6 heteroatoms. The number of anilines is 1. The lowest BCUT2D eigenvalue weighted by Crippen LogP contribution is -2.38. The van der Waals surface area contributed by atoms with Crippen molar-refractivity contribution in [2.24, 2.45) is 0 Å². The highest BCUT2D eigenvalue weighted by atomic mass is 16.1. The number of hydrogen-bond acceptors (Lipinski definition) is 5. The van der Waals surface area contributed by atoms with E-state index >= 15 is 0 Å². The average Bonchev–Trinajstić information content (AvgIpc) is 3.21. The summed E-state index contributed by atoms with van der Waals surface area (Å²) in [5, 5.41) is 4.66. The lowest BCUT2D eigenvalue weighted by atomic mass is 10.2. The summed E-state index contributed by atoms with van der Waals surface area (Å²) in [4.78, 5) is 24.3. The molecule has 3 aliphatic rings. The van der Waals surface area contributed by atoms with Crippen LogP contribution in [0.2, 0.25) is 0 Å². The van der Waals surface area contributed by atoms with E-state index in [9.17, 15) is 4.79 Å². The predicted octanol–water partition coefficient (Wildman–Crippen LogP) is 2.38. The Morgan fingerprint density at radius 3 is 2.85 bits per heavy atom. The van der Waals surface area contributed by atoms with E-state index in [4.69, 9.17) is 4.98 Å². The quantitative estimate of drug-likeness (QED) is 0.846. The van der Waals surface area contributed by atoms with Gasteiger partial charge in [-0.3, -0.25) is 4.79 Å². The van der Waals surface area contributed by atoms with E-state index < -0.39 is 0 Å².